The number of nitriles is 1. The van der Waals surface area contributed by atoms with E-state index >= 15 is 0 Å². The summed E-state index contributed by atoms with van der Waals surface area (Å²) in [6.07, 6.45) is 16.8. The molecule has 0 radical (unpaired) electrons. The Bertz CT molecular complexity index is 749. The van der Waals surface area contributed by atoms with Crippen LogP contribution in [0.3, 0.4) is 0 Å². The first kappa shape index (κ1) is 25.7. The Kier molecular flexibility index (Phi) is 10.2. The zero-order chi connectivity index (χ0) is 23.5. The minimum atomic E-state index is -4.63. The standard InChI is InChI=1S/C28H38F3NO/c29-28(30,31)33-27-19-13-24(14-20-27)8-4-3-7-23-11-17-26(18-12-23)25-15-9-22(10-16-25)6-2-1-5-21-32/h1,5,13-14,19-20,22-23,25-26H,2-4,6-12,15-18H2/t22-,23-,25-,26-. The summed E-state index contributed by atoms with van der Waals surface area (Å²) < 4.78 is 40.7. The number of allylic oxidation sites excluding steroid dienone is 2. The van der Waals surface area contributed by atoms with Crippen molar-refractivity contribution in [1.29, 1.82) is 5.26 Å². The number of rotatable bonds is 10. The van der Waals surface area contributed by atoms with Gasteiger partial charge in [0.05, 0.1) is 6.07 Å². The van der Waals surface area contributed by atoms with Crippen LogP contribution in [-0.2, 0) is 6.42 Å². The Morgan fingerprint density at radius 2 is 1.42 bits per heavy atom. The van der Waals surface area contributed by atoms with Crippen molar-refractivity contribution in [2.45, 2.75) is 96.3 Å². The highest BCUT2D eigenvalue weighted by molar-refractivity contribution is 5.27. The van der Waals surface area contributed by atoms with Gasteiger partial charge in [-0.2, -0.15) is 5.26 Å². The van der Waals surface area contributed by atoms with Gasteiger partial charge in [0.15, 0.2) is 0 Å². The summed E-state index contributed by atoms with van der Waals surface area (Å²) in [4.78, 5) is 0. The maximum absolute atomic E-state index is 12.2. The van der Waals surface area contributed by atoms with Crippen LogP contribution in [0.2, 0.25) is 0 Å². The molecule has 0 saturated heterocycles. The number of aryl methyl sites for hydroxylation is 1. The number of nitrogens with zero attached hydrogens (tertiary/aromatic N) is 1. The van der Waals surface area contributed by atoms with Crippen molar-refractivity contribution < 1.29 is 17.9 Å². The Morgan fingerprint density at radius 3 is 1.97 bits per heavy atom. The molecule has 0 amide bonds. The fourth-order valence-electron chi connectivity index (χ4n) is 5.98. The lowest BCUT2D eigenvalue weighted by atomic mass is 9.68. The average Bonchev–Trinajstić information content (AvgIpc) is 2.81. The van der Waals surface area contributed by atoms with E-state index in [0.717, 1.165) is 48.5 Å². The second-order valence-corrected chi connectivity index (χ2v) is 10.1. The van der Waals surface area contributed by atoms with Crippen molar-refractivity contribution in [3.8, 4) is 11.8 Å². The first-order chi connectivity index (χ1) is 15.9. The Balaban J connectivity index is 1.25. The first-order valence-electron chi connectivity index (χ1n) is 12.8. The molecule has 0 spiro atoms. The van der Waals surface area contributed by atoms with Gasteiger partial charge in [0.1, 0.15) is 5.75 Å². The molecule has 5 heteroatoms. The Labute approximate surface area is 197 Å². The maximum Gasteiger partial charge on any atom is 0.573 e. The van der Waals surface area contributed by atoms with E-state index in [2.05, 4.69) is 10.8 Å². The van der Waals surface area contributed by atoms with E-state index in [1.54, 1.807) is 18.2 Å². The van der Waals surface area contributed by atoms with Gasteiger partial charge in [-0.05, 0) is 92.7 Å². The molecular formula is C28H38F3NO. The van der Waals surface area contributed by atoms with Gasteiger partial charge in [0.2, 0.25) is 0 Å². The first-order valence-corrected chi connectivity index (χ1v) is 12.8. The molecule has 0 unspecified atom stereocenters. The third-order valence-electron chi connectivity index (χ3n) is 7.87. The van der Waals surface area contributed by atoms with Crippen LogP contribution in [0.1, 0.15) is 89.0 Å². The van der Waals surface area contributed by atoms with Gasteiger partial charge in [-0.3, -0.25) is 0 Å². The van der Waals surface area contributed by atoms with Crippen LogP contribution in [0.5, 0.6) is 5.75 Å². The number of hydrogen-bond acceptors (Lipinski definition) is 2. The van der Waals surface area contributed by atoms with Crippen molar-refractivity contribution in [2.75, 3.05) is 0 Å². The van der Waals surface area contributed by atoms with Gasteiger partial charge in [-0.1, -0.05) is 56.7 Å². The molecule has 0 bridgehead atoms. The van der Waals surface area contributed by atoms with Crippen LogP contribution in [0.4, 0.5) is 13.2 Å². The summed E-state index contributed by atoms with van der Waals surface area (Å²) in [6.45, 7) is 0. The summed E-state index contributed by atoms with van der Waals surface area (Å²) in [5, 5.41) is 8.58. The van der Waals surface area contributed by atoms with Crippen molar-refractivity contribution in [2.24, 2.45) is 23.7 Å². The smallest absolute Gasteiger partial charge is 0.406 e. The lowest BCUT2D eigenvalue weighted by Crippen LogP contribution is -2.25. The lowest BCUT2D eigenvalue weighted by molar-refractivity contribution is -0.274. The number of benzene rings is 1. The number of unbranched alkanes of at least 4 members (excludes halogenated alkanes) is 1. The average molecular weight is 462 g/mol. The predicted octanol–water partition coefficient (Wildman–Crippen LogP) is 8.77. The van der Waals surface area contributed by atoms with E-state index in [4.69, 9.17) is 5.26 Å². The molecule has 0 atom stereocenters. The minimum absolute atomic E-state index is 0.149. The second kappa shape index (κ2) is 13.1. The van der Waals surface area contributed by atoms with Crippen molar-refractivity contribution >= 4 is 0 Å². The molecule has 2 saturated carbocycles. The van der Waals surface area contributed by atoms with Gasteiger partial charge in [-0.15, -0.1) is 13.2 Å². The van der Waals surface area contributed by atoms with Crippen molar-refractivity contribution in [1.82, 2.24) is 0 Å². The highest BCUT2D eigenvalue weighted by Gasteiger charge is 2.31. The molecule has 2 aliphatic carbocycles. The molecule has 1 aromatic rings. The molecule has 2 nitrogen and oxygen atoms in total. The summed E-state index contributed by atoms with van der Waals surface area (Å²) in [5.41, 5.74) is 1.07. The van der Waals surface area contributed by atoms with Crippen LogP contribution in [0, 0.1) is 35.0 Å². The van der Waals surface area contributed by atoms with E-state index < -0.39 is 6.36 Å². The molecule has 2 aliphatic rings. The molecule has 3 rings (SSSR count). The molecular weight excluding hydrogens is 423 g/mol. The van der Waals surface area contributed by atoms with Gasteiger partial charge >= 0.3 is 6.36 Å². The number of alkyl halides is 3. The topological polar surface area (TPSA) is 33.0 Å². The summed E-state index contributed by atoms with van der Waals surface area (Å²) >= 11 is 0. The zero-order valence-corrected chi connectivity index (χ0v) is 19.7. The van der Waals surface area contributed by atoms with E-state index in [9.17, 15) is 13.2 Å². The zero-order valence-electron chi connectivity index (χ0n) is 19.7. The molecule has 0 aliphatic heterocycles. The van der Waals surface area contributed by atoms with Gasteiger partial charge < -0.3 is 4.74 Å². The Hall–Kier alpha value is -1.96. The van der Waals surface area contributed by atoms with E-state index in [1.165, 1.54) is 82.8 Å². The van der Waals surface area contributed by atoms with E-state index in [1.807, 2.05) is 6.08 Å². The normalized spacial score (nSPS) is 26.2. The molecule has 0 aromatic heterocycles. The second-order valence-electron chi connectivity index (χ2n) is 10.1. The molecule has 1 aromatic carbocycles. The Morgan fingerprint density at radius 1 is 0.848 bits per heavy atom. The van der Waals surface area contributed by atoms with E-state index in [0.29, 0.717) is 0 Å². The van der Waals surface area contributed by atoms with Gasteiger partial charge in [0.25, 0.3) is 0 Å². The summed E-state index contributed by atoms with van der Waals surface area (Å²) in [5.74, 6) is 3.42. The summed E-state index contributed by atoms with van der Waals surface area (Å²) in [6, 6.07) is 8.37. The third-order valence-corrected chi connectivity index (χ3v) is 7.87. The number of halogens is 3. The molecule has 0 heterocycles. The van der Waals surface area contributed by atoms with Crippen molar-refractivity contribution in [3.63, 3.8) is 0 Å². The summed E-state index contributed by atoms with van der Waals surface area (Å²) in [7, 11) is 0. The highest BCUT2D eigenvalue weighted by atomic mass is 19.4. The number of hydrogen-bond donors (Lipinski definition) is 0. The number of ether oxygens (including phenoxy) is 1. The third kappa shape index (κ3) is 9.43. The molecule has 0 N–H and O–H groups in total. The van der Waals surface area contributed by atoms with Crippen LogP contribution in [0.25, 0.3) is 0 Å². The van der Waals surface area contributed by atoms with Crippen LogP contribution < -0.4 is 4.74 Å². The van der Waals surface area contributed by atoms with E-state index in [-0.39, 0.29) is 5.75 Å². The quantitative estimate of drug-likeness (QED) is 0.258. The molecule has 33 heavy (non-hydrogen) atoms. The fourth-order valence-corrected chi connectivity index (χ4v) is 5.98. The highest BCUT2D eigenvalue weighted by Crippen LogP contribution is 2.43. The van der Waals surface area contributed by atoms with Crippen molar-refractivity contribution in [3.05, 3.63) is 42.0 Å². The minimum Gasteiger partial charge on any atom is -0.406 e. The molecule has 2 fully saturated rings. The largest absolute Gasteiger partial charge is 0.573 e. The SMILES string of the molecule is N#CC=CCC[C@H]1CC[C@H]([C@H]2CC[C@H](CCCCc3ccc(OC(F)(F)F)cc3)CC2)CC1. The lowest BCUT2D eigenvalue weighted by Gasteiger charge is -2.38. The van der Waals surface area contributed by atoms with Crippen LogP contribution >= 0.6 is 0 Å². The molecule has 182 valence electrons. The van der Waals surface area contributed by atoms with Crippen LogP contribution in [0.15, 0.2) is 36.4 Å². The monoisotopic (exact) mass is 461 g/mol. The maximum atomic E-state index is 12.2. The van der Waals surface area contributed by atoms with Gasteiger partial charge in [0, 0.05) is 6.08 Å². The van der Waals surface area contributed by atoms with Gasteiger partial charge in [-0.25, -0.2) is 0 Å². The van der Waals surface area contributed by atoms with Crippen LogP contribution in [-0.4, -0.2) is 6.36 Å². The predicted molar refractivity (Wildman–Crippen MR) is 126 cm³/mol. The fraction of sp³-hybridized carbons (Fsp3) is 0.679.